The summed E-state index contributed by atoms with van der Waals surface area (Å²) >= 11 is 3.44. The predicted octanol–water partition coefficient (Wildman–Crippen LogP) is 4.61. The molecule has 0 amide bonds. The maximum absolute atomic E-state index is 10.4. The number of benzene rings is 2. The van der Waals surface area contributed by atoms with Crippen LogP contribution in [0.1, 0.15) is 41.7 Å². The van der Waals surface area contributed by atoms with Gasteiger partial charge in [0, 0.05) is 17.3 Å². The molecule has 3 rings (SSSR count). The van der Waals surface area contributed by atoms with Gasteiger partial charge in [0.2, 0.25) is 0 Å². The fraction of sp³-hybridized carbons (Fsp3) is 0.250. The fourth-order valence-corrected chi connectivity index (χ4v) is 3.24. The van der Waals surface area contributed by atoms with Gasteiger partial charge in [0.1, 0.15) is 6.29 Å². The monoisotopic (exact) mass is 386 g/mol. The van der Waals surface area contributed by atoms with Crippen LogP contribution >= 0.6 is 15.9 Å². The molecule has 3 atom stereocenters. The number of hydrogen-bond donors (Lipinski definition) is 1. The highest BCUT2D eigenvalue weighted by molar-refractivity contribution is 9.10. The molecule has 1 aliphatic rings. The second-order valence-electron chi connectivity index (χ2n) is 5.95. The molecule has 1 aliphatic heterocycles. The van der Waals surface area contributed by atoms with Crippen LogP contribution in [0.15, 0.2) is 59.1 Å². The topological polar surface area (TPSA) is 46.5 Å². The molecule has 0 saturated carbocycles. The van der Waals surface area contributed by atoms with Crippen LogP contribution in [-0.2, 0) is 9.53 Å². The van der Waals surface area contributed by atoms with E-state index in [9.17, 15) is 9.90 Å². The zero-order valence-electron chi connectivity index (χ0n) is 13.1. The van der Waals surface area contributed by atoms with Gasteiger partial charge in [-0.3, -0.25) is 4.79 Å². The van der Waals surface area contributed by atoms with Crippen LogP contribution in [0.5, 0.6) is 0 Å². The lowest BCUT2D eigenvalue weighted by Gasteiger charge is -2.34. The number of allylic oxidation sites excluding steroid dienone is 1. The van der Waals surface area contributed by atoms with Crippen LogP contribution in [0.4, 0.5) is 0 Å². The average Bonchev–Trinajstić information content (AvgIpc) is 2.60. The van der Waals surface area contributed by atoms with E-state index >= 15 is 0 Å². The Hall–Kier alpha value is -1.75. The molecule has 3 nitrogen and oxygen atoms in total. The number of rotatable bonds is 4. The Morgan fingerprint density at radius 2 is 1.50 bits per heavy atom. The number of aliphatic hydroxyl groups is 1. The van der Waals surface area contributed by atoms with Crippen molar-refractivity contribution in [3.63, 3.8) is 0 Å². The van der Waals surface area contributed by atoms with Crippen molar-refractivity contribution >= 4 is 28.3 Å². The Balaban J connectivity index is 1.76. The van der Waals surface area contributed by atoms with Gasteiger partial charge in [-0.05, 0) is 34.9 Å². The average molecular weight is 387 g/mol. The predicted molar refractivity (Wildman–Crippen MR) is 97.5 cm³/mol. The number of aliphatic hydroxyl groups excluding tert-OH is 1. The van der Waals surface area contributed by atoms with E-state index in [1.807, 2.05) is 48.5 Å². The van der Waals surface area contributed by atoms with Gasteiger partial charge >= 0.3 is 0 Å². The van der Waals surface area contributed by atoms with Crippen molar-refractivity contribution < 1.29 is 14.6 Å². The number of carbonyl (C=O) groups excluding carboxylic acids is 1. The summed E-state index contributed by atoms with van der Waals surface area (Å²) in [4.78, 5) is 10.4. The molecule has 0 aliphatic carbocycles. The molecule has 0 aromatic heterocycles. The van der Waals surface area contributed by atoms with Crippen molar-refractivity contribution in [3.8, 4) is 0 Å². The summed E-state index contributed by atoms with van der Waals surface area (Å²) < 4.78 is 7.27. The number of ether oxygens (including phenoxy) is 1. The van der Waals surface area contributed by atoms with Gasteiger partial charge in [0.15, 0.2) is 0 Å². The highest BCUT2D eigenvalue weighted by Crippen LogP contribution is 2.39. The van der Waals surface area contributed by atoms with Gasteiger partial charge in [-0.25, -0.2) is 0 Å². The van der Waals surface area contributed by atoms with E-state index in [0.717, 1.165) is 27.4 Å². The number of hydrogen-bond acceptors (Lipinski definition) is 3. The van der Waals surface area contributed by atoms with Crippen LogP contribution in [0, 0.1) is 0 Å². The SMILES string of the molecule is O=CC=Cc1ccc(C2CC(O)CC(c3ccc(Br)cc3)O2)cc1. The first kappa shape index (κ1) is 17.1. The first-order chi connectivity index (χ1) is 11.7. The second-order valence-corrected chi connectivity index (χ2v) is 6.87. The molecule has 1 N–H and O–H groups in total. The lowest BCUT2D eigenvalue weighted by Crippen LogP contribution is -2.26. The van der Waals surface area contributed by atoms with Crippen molar-refractivity contribution in [2.75, 3.05) is 0 Å². The van der Waals surface area contributed by atoms with E-state index in [1.54, 1.807) is 6.08 Å². The smallest absolute Gasteiger partial charge is 0.142 e. The van der Waals surface area contributed by atoms with Crippen LogP contribution in [0.25, 0.3) is 6.08 Å². The standard InChI is InChI=1S/C20H19BrO3/c21-17-9-7-16(8-10-17)20-13-18(23)12-19(24-20)15-5-3-14(4-6-15)2-1-11-22/h1-11,18-20,23H,12-13H2. The van der Waals surface area contributed by atoms with Crippen LogP contribution < -0.4 is 0 Å². The van der Waals surface area contributed by atoms with Gasteiger partial charge in [-0.15, -0.1) is 0 Å². The van der Waals surface area contributed by atoms with E-state index in [0.29, 0.717) is 12.8 Å². The minimum atomic E-state index is -0.382. The van der Waals surface area contributed by atoms with Crippen molar-refractivity contribution in [1.29, 1.82) is 0 Å². The molecule has 0 bridgehead atoms. The molecule has 3 unspecified atom stereocenters. The highest BCUT2D eigenvalue weighted by atomic mass is 79.9. The lowest BCUT2D eigenvalue weighted by atomic mass is 9.92. The summed E-state index contributed by atoms with van der Waals surface area (Å²) in [6.45, 7) is 0. The molecule has 2 aromatic carbocycles. The van der Waals surface area contributed by atoms with E-state index < -0.39 is 0 Å². The fourth-order valence-electron chi connectivity index (χ4n) is 2.98. The molecule has 24 heavy (non-hydrogen) atoms. The zero-order valence-corrected chi connectivity index (χ0v) is 14.7. The zero-order chi connectivity index (χ0) is 16.9. The van der Waals surface area contributed by atoms with Crippen molar-refractivity contribution in [2.45, 2.75) is 31.2 Å². The molecule has 2 aromatic rings. The first-order valence-electron chi connectivity index (χ1n) is 7.96. The van der Waals surface area contributed by atoms with Gasteiger partial charge in [-0.1, -0.05) is 58.4 Å². The largest absolute Gasteiger partial charge is 0.393 e. The quantitative estimate of drug-likeness (QED) is 0.616. The molecular weight excluding hydrogens is 368 g/mol. The van der Waals surface area contributed by atoms with Gasteiger partial charge < -0.3 is 9.84 Å². The van der Waals surface area contributed by atoms with E-state index in [-0.39, 0.29) is 18.3 Å². The summed E-state index contributed by atoms with van der Waals surface area (Å²) in [6.07, 6.45) is 4.57. The Kier molecular flexibility index (Phi) is 5.61. The number of aldehydes is 1. The Morgan fingerprint density at radius 3 is 2.04 bits per heavy atom. The van der Waals surface area contributed by atoms with Crippen molar-refractivity contribution in [1.82, 2.24) is 0 Å². The summed E-state index contributed by atoms with van der Waals surface area (Å²) in [5.41, 5.74) is 3.08. The number of carbonyl (C=O) groups is 1. The molecule has 0 radical (unpaired) electrons. The molecule has 124 valence electrons. The molecule has 1 fully saturated rings. The summed E-state index contributed by atoms with van der Waals surface area (Å²) in [5.74, 6) is 0. The van der Waals surface area contributed by atoms with Crippen molar-refractivity contribution in [2.24, 2.45) is 0 Å². The normalized spacial score (nSPS) is 24.2. The molecular formula is C20H19BrO3. The van der Waals surface area contributed by atoms with Crippen LogP contribution in [0.3, 0.4) is 0 Å². The van der Waals surface area contributed by atoms with Gasteiger partial charge in [0.25, 0.3) is 0 Å². The lowest BCUT2D eigenvalue weighted by molar-refractivity contribution is -0.104. The summed E-state index contributed by atoms with van der Waals surface area (Å²) in [6, 6.07) is 15.9. The third-order valence-corrected chi connectivity index (χ3v) is 4.75. The highest BCUT2D eigenvalue weighted by Gasteiger charge is 2.30. The summed E-state index contributed by atoms with van der Waals surface area (Å²) in [7, 11) is 0. The Labute approximate surface area is 150 Å². The van der Waals surface area contributed by atoms with Gasteiger partial charge in [-0.2, -0.15) is 0 Å². The minimum absolute atomic E-state index is 0.110. The Morgan fingerprint density at radius 1 is 0.958 bits per heavy atom. The maximum atomic E-state index is 10.4. The van der Waals surface area contributed by atoms with Gasteiger partial charge in [0.05, 0.1) is 18.3 Å². The molecule has 4 heteroatoms. The second kappa shape index (κ2) is 7.88. The van der Waals surface area contributed by atoms with Crippen LogP contribution in [-0.4, -0.2) is 17.5 Å². The van der Waals surface area contributed by atoms with Crippen LogP contribution in [0.2, 0.25) is 0 Å². The number of halogens is 1. The maximum Gasteiger partial charge on any atom is 0.142 e. The summed E-state index contributed by atoms with van der Waals surface area (Å²) in [5, 5.41) is 10.3. The Bertz CT molecular complexity index is 707. The minimum Gasteiger partial charge on any atom is -0.393 e. The van der Waals surface area contributed by atoms with E-state index in [2.05, 4.69) is 15.9 Å². The third-order valence-electron chi connectivity index (χ3n) is 4.22. The molecule has 0 spiro atoms. The van der Waals surface area contributed by atoms with Crippen molar-refractivity contribution in [3.05, 3.63) is 75.8 Å². The third kappa shape index (κ3) is 4.20. The first-order valence-corrected chi connectivity index (χ1v) is 8.76. The van der Waals surface area contributed by atoms with E-state index in [1.165, 1.54) is 6.08 Å². The molecule has 1 heterocycles. The van der Waals surface area contributed by atoms with E-state index in [4.69, 9.17) is 4.74 Å². The molecule has 1 saturated heterocycles.